The summed E-state index contributed by atoms with van der Waals surface area (Å²) in [6, 6.07) is 0.310. The summed E-state index contributed by atoms with van der Waals surface area (Å²) in [7, 11) is 1.98. The van der Waals surface area contributed by atoms with Gasteiger partial charge in [0.1, 0.15) is 0 Å². The molecule has 1 aliphatic carbocycles. The molecule has 6 heteroatoms. The summed E-state index contributed by atoms with van der Waals surface area (Å²) in [4.78, 5) is 27.3. The second-order valence-electron chi connectivity index (χ2n) is 7.75. The summed E-state index contributed by atoms with van der Waals surface area (Å²) in [5, 5.41) is 3.08. The lowest BCUT2D eigenvalue weighted by Crippen LogP contribution is -2.33. The van der Waals surface area contributed by atoms with Gasteiger partial charge in [0, 0.05) is 32.1 Å². The number of carbonyl (C=O) groups is 2. The van der Waals surface area contributed by atoms with E-state index in [9.17, 15) is 9.59 Å². The molecule has 0 spiro atoms. The number of nitrogens with two attached hydrogens (primary N) is 1. The van der Waals surface area contributed by atoms with Crippen molar-refractivity contribution in [1.29, 1.82) is 0 Å². The van der Waals surface area contributed by atoms with E-state index < -0.39 is 0 Å². The molecule has 1 saturated carbocycles. The van der Waals surface area contributed by atoms with Gasteiger partial charge in [0.15, 0.2) is 0 Å². The average molecular weight is 332 g/mol. The molecule has 2 aliphatic rings. The first kappa shape index (κ1) is 17.0. The Kier molecular flexibility index (Phi) is 5.21. The van der Waals surface area contributed by atoms with Gasteiger partial charge in [-0.1, -0.05) is 0 Å². The van der Waals surface area contributed by atoms with Gasteiger partial charge in [-0.25, -0.2) is 4.98 Å². The molecule has 1 aliphatic heterocycles. The van der Waals surface area contributed by atoms with Crippen LogP contribution < -0.4 is 11.1 Å². The molecule has 1 aromatic rings. The highest BCUT2D eigenvalue weighted by Gasteiger charge is 2.33. The molecule has 6 nitrogen and oxygen atoms in total. The van der Waals surface area contributed by atoms with Gasteiger partial charge in [0.25, 0.3) is 0 Å². The lowest BCUT2D eigenvalue weighted by atomic mass is 9.70. The van der Waals surface area contributed by atoms with Crippen molar-refractivity contribution in [2.24, 2.45) is 30.5 Å². The molecule has 0 unspecified atom stereocenters. The largest absolute Gasteiger partial charge is 0.370 e. The van der Waals surface area contributed by atoms with Crippen LogP contribution in [-0.4, -0.2) is 27.4 Å². The van der Waals surface area contributed by atoms with Gasteiger partial charge in [0.2, 0.25) is 11.8 Å². The minimum atomic E-state index is -0.202. The fourth-order valence-corrected chi connectivity index (χ4v) is 4.64. The highest BCUT2D eigenvalue weighted by atomic mass is 16.2. The molecule has 2 heterocycles. The maximum Gasteiger partial charge on any atom is 0.220 e. The summed E-state index contributed by atoms with van der Waals surface area (Å²) in [6.45, 7) is 0. The van der Waals surface area contributed by atoms with Crippen LogP contribution in [0.1, 0.15) is 50.6 Å². The molecule has 3 rings (SSSR count). The number of nitrogens with one attached hydrogen (secondary N) is 1. The fraction of sp³-hybridized carbons (Fsp3) is 0.722. The van der Waals surface area contributed by atoms with Crippen LogP contribution in [0.25, 0.3) is 0 Å². The van der Waals surface area contributed by atoms with Crippen LogP contribution in [0.5, 0.6) is 0 Å². The minimum Gasteiger partial charge on any atom is -0.370 e. The number of hydrogen-bond donors (Lipinski definition) is 2. The van der Waals surface area contributed by atoms with Gasteiger partial charge < -0.3 is 15.6 Å². The third-order valence-corrected chi connectivity index (χ3v) is 5.45. The fourth-order valence-electron chi connectivity index (χ4n) is 4.64. The van der Waals surface area contributed by atoms with E-state index in [1.807, 2.05) is 17.9 Å². The standard InChI is InChI=1S/C18H28N4O2/c1-22-10-16(20-11-22)8-13-4-12(5-14(6-13)9-17(19)23)7-15-2-3-18(24)21-15/h10-15H,2-9H2,1H3,(H2,19,23)(H,21,24)/t12-,13+,14-,15-/m0/s1. The Hall–Kier alpha value is -1.85. The number of aromatic nitrogens is 2. The van der Waals surface area contributed by atoms with Crippen LogP contribution in [0.4, 0.5) is 0 Å². The monoisotopic (exact) mass is 332 g/mol. The number of amides is 2. The van der Waals surface area contributed by atoms with Gasteiger partial charge in [0.05, 0.1) is 12.0 Å². The Labute approximate surface area is 143 Å². The Morgan fingerprint density at radius 2 is 2.08 bits per heavy atom. The molecule has 132 valence electrons. The Bertz CT molecular complexity index is 598. The molecule has 24 heavy (non-hydrogen) atoms. The summed E-state index contributed by atoms with van der Waals surface area (Å²) < 4.78 is 1.98. The summed E-state index contributed by atoms with van der Waals surface area (Å²) in [6.07, 6.45) is 11.2. The number of hydrogen-bond acceptors (Lipinski definition) is 3. The van der Waals surface area contributed by atoms with Crippen molar-refractivity contribution < 1.29 is 9.59 Å². The first-order valence-electron chi connectivity index (χ1n) is 9.02. The molecular weight excluding hydrogens is 304 g/mol. The molecule has 0 aromatic carbocycles. The molecule has 1 aromatic heterocycles. The molecule has 0 bridgehead atoms. The van der Waals surface area contributed by atoms with E-state index in [4.69, 9.17) is 5.73 Å². The molecule has 2 fully saturated rings. The Morgan fingerprint density at radius 3 is 2.71 bits per heavy atom. The van der Waals surface area contributed by atoms with E-state index in [0.29, 0.717) is 36.6 Å². The Morgan fingerprint density at radius 1 is 1.33 bits per heavy atom. The molecule has 3 N–H and O–H groups in total. The van der Waals surface area contributed by atoms with Crippen LogP contribution in [0.15, 0.2) is 12.5 Å². The normalized spacial score (nSPS) is 30.3. The predicted molar refractivity (Wildman–Crippen MR) is 90.8 cm³/mol. The van der Waals surface area contributed by atoms with Crippen molar-refractivity contribution in [2.75, 3.05) is 0 Å². The van der Waals surface area contributed by atoms with Crippen LogP contribution in [0, 0.1) is 17.8 Å². The van der Waals surface area contributed by atoms with Crippen molar-refractivity contribution in [3.63, 3.8) is 0 Å². The van der Waals surface area contributed by atoms with Crippen molar-refractivity contribution >= 4 is 11.8 Å². The zero-order chi connectivity index (χ0) is 17.1. The van der Waals surface area contributed by atoms with Crippen LogP contribution >= 0.6 is 0 Å². The molecule has 4 atom stereocenters. The SMILES string of the molecule is Cn1cnc(C[C@H]2C[C@@H](CC(N)=O)C[C@@H](C[C@@H]3CCC(=O)N3)C2)c1. The quantitative estimate of drug-likeness (QED) is 0.828. The number of rotatable bonds is 6. The first-order valence-corrected chi connectivity index (χ1v) is 9.02. The lowest BCUT2D eigenvalue weighted by Gasteiger charge is -2.35. The minimum absolute atomic E-state index is 0.175. The van der Waals surface area contributed by atoms with Crippen LogP contribution in [0.3, 0.4) is 0 Å². The second kappa shape index (κ2) is 7.36. The van der Waals surface area contributed by atoms with Crippen molar-refractivity contribution in [1.82, 2.24) is 14.9 Å². The number of primary amides is 1. The Balaban J connectivity index is 1.62. The van der Waals surface area contributed by atoms with Gasteiger partial charge in [-0.3, -0.25) is 9.59 Å². The van der Waals surface area contributed by atoms with Gasteiger partial charge in [-0.15, -0.1) is 0 Å². The van der Waals surface area contributed by atoms with Crippen molar-refractivity contribution in [2.45, 2.75) is 57.4 Å². The van der Waals surface area contributed by atoms with Crippen LogP contribution in [-0.2, 0) is 23.1 Å². The number of aryl methyl sites for hydroxylation is 1. The molecule has 2 amide bonds. The third kappa shape index (κ3) is 4.58. The van der Waals surface area contributed by atoms with E-state index in [2.05, 4.69) is 16.5 Å². The highest BCUT2D eigenvalue weighted by Crippen LogP contribution is 2.39. The molecule has 1 saturated heterocycles. The first-order chi connectivity index (χ1) is 11.5. The maximum absolute atomic E-state index is 11.4. The lowest BCUT2D eigenvalue weighted by molar-refractivity contribution is -0.120. The van der Waals surface area contributed by atoms with E-state index in [1.165, 1.54) is 0 Å². The van der Waals surface area contributed by atoms with Crippen molar-refractivity contribution in [3.05, 3.63) is 18.2 Å². The number of nitrogens with zero attached hydrogens (tertiary/aromatic N) is 2. The third-order valence-electron chi connectivity index (χ3n) is 5.45. The van der Waals surface area contributed by atoms with Crippen LogP contribution in [0.2, 0.25) is 0 Å². The predicted octanol–water partition coefficient (Wildman–Crippen LogP) is 1.54. The maximum atomic E-state index is 11.4. The van der Waals surface area contributed by atoms with E-state index in [-0.39, 0.29) is 11.8 Å². The number of carbonyl (C=O) groups excluding carboxylic acids is 2. The molecular formula is C18H28N4O2. The smallest absolute Gasteiger partial charge is 0.220 e. The zero-order valence-corrected chi connectivity index (χ0v) is 14.4. The molecule has 0 radical (unpaired) electrons. The average Bonchev–Trinajstić information content (AvgIpc) is 3.06. The number of imidazole rings is 1. The highest BCUT2D eigenvalue weighted by molar-refractivity contribution is 5.78. The topological polar surface area (TPSA) is 90.0 Å². The van der Waals surface area contributed by atoms with E-state index >= 15 is 0 Å². The van der Waals surface area contributed by atoms with E-state index in [1.54, 1.807) is 0 Å². The van der Waals surface area contributed by atoms with E-state index in [0.717, 1.165) is 44.2 Å². The second-order valence-corrected chi connectivity index (χ2v) is 7.75. The van der Waals surface area contributed by atoms with Gasteiger partial charge >= 0.3 is 0 Å². The zero-order valence-electron chi connectivity index (χ0n) is 14.4. The summed E-state index contributed by atoms with van der Waals surface area (Å²) >= 11 is 0. The van der Waals surface area contributed by atoms with Crippen molar-refractivity contribution in [3.8, 4) is 0 Å². The summed E-state index contributed by atoms with van der Waals surface area (Å²) in [5.41, 5.74) is 6.56. The van der Waals surface area contributed by atoms with Gasteiger partial charge in [-0.05, 0) is 56.3 Å². The summed E-state index contributed by atoms with van der Waals surface area (Å²) in [5.74, 6) is 1.44. The van der Waals surface area contributed by atoms with Gasteiger partial charge in [-0.2, -0.15) is 0 Å².